The molecule has 0 amide bonds. The van der Waals surface area contributed by atoms with Crippen LogP contribution in [-0.4, -0.2) is 18.4 Å². The first kappa shape index (κ1) is 11.2. The van der Waals surface area contributed by atoms with E-state index in [4.69, 9.17) is 10.5 Å². The summed E-state index contributed by atoms with van der Waals surface area (Å²) in [7, 11) is 0. The van der Waals surface area contributed by atoms with Gasteiger partial charge in [0.05, 0.1) is 18.9 Å². The molecule has 2 N–H and O–H groups in total. The second-order valence-electron chi connectivity index (χ2n) is 3.73. The Labute approximate surface area is 85.3 Å². The standard InChI is InChI=1S/C11H19NO2/c1-2-3-6-10(12)11(13)9-5-4-7-14-8-9/h8,10H,2-7,12H2,1H3. The van der Waals surface area contributed by atoms with Crippen molar-refractivity contribution in [1.82, 2.24) is 0 Å². The van der Waals surface area contributed by atoms with Crippen LogP contribution in [0.3, 0.4) is 0 Å². The number of rotatable bonds is 5. The predicted molar refractivity (Wildman–Crippen MR) is 55.8 cm³/mol. The third kappa shape index (κ3) is 3.14. The molecule has 1 unspecified atom stereocenters. The van der Waals surface area contributed by atoms with E-state index in [-0.39, 0.29) is 11.8 Å². The van der Waals surface area contributed by atoms with Gasteiger partial charge in [-0.2, -0.15) is 0 Å². The van der Waals surface area contributed by atoms with E-state index in [1.54, 1.807) is 6.26 Å². The summed E-state index contributed by atoms with van der Waals surface area (Å²) >= 11 is 0. The molecule has 1 atom stereocenters. The molecule has 0 aromatic heterocycles. The number of hydrogen-bond acceptors (Lipinski definition) is 3. The van der Waals surface area contributed by atoms with E-state index in [1.165, 1.54) is 0 Å². The van der Waals surface area contributed by atoms with Crippen molar-refractivity contribution in [3.63, 3.8) is 0 Å². The van der Waals surface area contributed by atoms with Crippen LogP contribution >= 0.6 is 0 Å². The van der Waals surface area contributed by atoms with Gasteiger partial charge in [0.15, 0.2) is 5.78 Å². The van der Waals surface area contributed by atoms with Crippen molar-refractivity contribution in [2.45, 2.75) is 45.1 Å². The SMILES string of the molecule is CCCCC(N)C(=O)C1=COCCC1. The summed E-state index contributed by atoms with van der Waals surface area (Å²) in [6, 6.07) is -0.331. The Morgan fingerprint density at radius 3 is 3.07 bits per heavy atom. The van der Waals surface area contributed by atoms with Gasteiger partial charge in [-0.1, -0.05) is 19.8 Å². The number of ketones is 1. The quantitative estimate of drug-likeness (QED) is 0.730. The highest BCUT2D eigenvalue weighted by atomic mass is 16.5. The predicted octanol–water partition coefficient (Wildman–Crippen LogP) is 1.77. The topological polar surface area (TPSA) is 52.3 Å². The number of nitrogens with two attached hydrogens (primary N) is 1. The first-order valence-electron chi connectivity index (χ1n) is 5.36. The molecule has 1 aliphatic rings. The van der Waals surface area contributed by atoms with Gasteiger partial charge in [0.2, 0.25) is 0 Å². The average molecular weight is 197 g/mol. The molecule has 0 aliphatic carbocycles. The van der Waals surface area contributed by atoms with Gasteiger partial charge in [-0.25, -0.2) is 0 Å². The van der Waals surface area contributed by atoms with Gasteiger partial charge in [0.25, 0.3) is 0 Å². The fourth-order valence-corrected chi connectivity index (χ4v) is 1.54. The summed E-state index contributed by atoms with van der Waals surface area (Å²) < 4.78 is 5.12. The van der Waals surface area contributed by atoms with Gasteiger partial charge in [-0.3, -0.25) is 4.79 Å². The summed E-state index contributed by atoms with van der Waals surface area (Å²) in [5, 5.41) is 0. The lowest BCUT2D eigenvalue weighted by Crippen LogP contribution is -2.32. The van der Waals surface area contributed by atoms with Crippen LogP contribution in [0.25, 0.3) is 0 Å². The van der Waals surface area contributed by atoms with Crippen molar-refractivity contribution in [3.8, 4) is 0 Å². The Morgan fingerprint density at radius 2 is 2.50 bits per heavy atom. The summed E-state index contributed by atoms with van der Waals surface area (Å²) in [5.74, 6) is 0.0677. The Balaban J connectivity index is 2.42. The molecule has 0 bridgehead atoms. The van der Waals surface area contributed by atoms with Crippen molar-refractivity contribution in [2.24, 2.45) is 5.73 Å². The normalized spacial score (nSPS) is 18.3. The molecular formula is C11H19NO2. The molecule has 0 spiro atoms. The lowest BCUT2D eigenvalue weighted by atomic mass is 9.97. The monoisotopic (exact) mass is 197 g/mol. The molecule has 0 radical (unpaired) electrons. The number of carbonyl (C=O) groups is 1. The molecular weight excluding hydrogens is 178 g/mol. The third-order valence-corrected chi connectivity index (χ3v) is 2.46. The van der Waals surface area contributed by atoms with E-state index in [2.05, 4.69) is 6.92 Å². The van der Waals surface area contributed by atoms with Gasteiger partial charge in [0, 0.05) is 5.57 Å². The van der Waals surface area contributed by atoms with E-state index in [9.17, 15) is 4.79 Å². The number of Topliss-reactive ketones (excluding diaryl/α,β-unsaturated/α-hetero) is 1. The van der Waals surface area contributed by atoms with Gasteiger partial charge in [0.1, 0.15) is 0 Å². The molecule has 1 aliphatic heterocycles. The van der Waals surface area contributed by atoms with Crippen molar-refractivity contribution < 1.29 is 9.53 Å². The fourth-order valence-electron chi connectivity index (χ4n) is 1.54. The summed E-state index contributed by atoms with van der Waals surface area (Å²) in [6.07, 6.45) is 6.21. The number of hydrogen-bond donors (Lipinski definition) is 1. The summed E-state index contributed by atoms with van der Waals surface area (Å²) in [6.45, 7) is 2.82. The zero-order valence-corrected chi connectivity index (χ0v) is 8.79. The molecule has 80 valence electrons. The number of carbonyl (C=O) groups excluding carboxylic acids is 1. The smallest absolute Gasteiger partial charge is 0.178 e. The third-order valence-electron chi connectivity index (χ3n) is 2.46. The van der Waals surface area contributed by atoms with Gasteiger partial charge >= 0.3 is 0 Å². The van der Waals surface area contributed by atoms with Crippen LogP contribution in [0.4, 0.5) is 0 Å². The minimum atomic E-state index is -0.331. The van der Waals surface area contributed by atoms with Crippen LogP contribution in [0, 0.1) is 0 Å². The molecule has 1 heterocycles. The van der Waals surface area contributed by atoms with Gasteiger partial charge < -0.3 is 10.5 Å². The maximum Gasteiger partial charge on any atom is 0.178 e. The summed E-state index contributed by atoms with van der Waals surface area (Å²) in [5.41, 5.74) is 6.55. The largest absolute Gasteiger partial charge is 0.501 e. The van der Waals surface area contributed by atoms with E-state index in [0.29, 0.717) is 0 Å². The maximum atomic E-state index is 11.7. The van der Waals surface area contributed by atoms with Crippen LogP contribution in [0.15, 0.2) is 11.8 Å². The van der Waals surface area contributed by atoms with Crippen molar-refractivity contribution in [2.75, 3.05) is 6.61 Å². The molecule has 14 heavy (non-hydrogen) atoms. The highest BCUT2D eigenvalue weighted by Crippen LogP contribution is 2.15. The van der Waals surface area contributed by atoms with Crippen molar-refractivity contribution in [3.05, 3.63) is 11.8 Å². The number of unbranched alkanes of at least 4 members (excludes halogenated alkanes) is 1. The Kier molecular flexibility index (Phi) is 4.66. The second-order valence-corrected chi connectivity index (χ2v) is 3.73. The molecule has 0 saturated heterocycles. The Hall–Kier alpha value is -0.830. The number of ether oxygens (including phenoxy) is 1. The minimum Gasteiger partial charge on any atom is -0.501 e. The second kappa shape index (κ2) is 5.81. The zero-order valence-electron chi connectivity index (χ0n) is 8.79. The van der Waals surface area contributed by atoms with E-state index in [1.807, 2.05) is 0 Å². The molecule has 3 heteroatoms. The van der Waals surface area contributed by atoms with Gasteiger partial charge in [-0.15, -0.1) is 0 Å². The van der Waals surface area contributed by atoms with Gasteiger partial charge in [-0.05, 0) is 19.3 Å². The molecule has 0 aromatic rings. The summed E-state index contributed by atoms with van der Waals surface area (Å²) in [4.78, 5) is 11.7. The van der Waals surface area contributed by atoms with Crippen LogP contribution in [0.2, 0.25) is 0 Å². The average Bonchev–Trinajstić information content (AvgIpc) is 2.26. The van der Waals surface area contributed by atoms with E-state index >= 15 is 0 Å². The van der Waals surface area contributed by atoms with E-state index in [0.717, 1.165) is 44.3 Å². The maximum absolute atomic E-state index is 11.7. The molecule has 0 saturated carbocycles. The first-order chi connectivity index (χ1) is 6.75. The minimum absolute atomic E-state index is 0.0677. The highest BCUT2D eigenvalue weighted by molar-refractivity contribution is 5.99. The lowest BCUT2D eigenvalue weighted by Gasteiger charge is -2.16. The zero-order chi connectivity index (χ0) is 10.4. The Morgan fingerprint density at radius 1 is 1.71 bits per heavy atom. The van der Waals surface area contributed by atoms with Crippen LogP contribution in [0.5, 0.6) is 0 Å². The lowest BCUT2D eigenvalue weighted by molar-refractivity contribution is -0.117. The van der Waals surface area contributed by atoms with E-state index < -0.39 is 0 Å². The molecule has 1 rings (SSSR count). The van der Waals surface area contributed by atoms with Crippen LogP contribution in [-0.2, 0) is 9.53 Å². The molecule has 0 aromatic carbocycles. The highest BCUT2D eigenvalue weighted by Gasteiger charge is 2.19. The van der Waals surface area contributed by atoms with Crippen LogP contribution < -0.4 is 5.73 Å². The van der Waals surface area contributed by atoms with Crippen molar-refractivity contribution >= 4 is 5.78 Å². The first-order valence-corrected chi connectivity index (χ1v) is 5.36. The van der Waals surface area contributed by atoms with Crippen molar-refractivity contribution in [1.29, 1.82) is 0 Å². The van der Waals surface area contributed by atoms with Crippen LogP contribution in [0.1, 0.15) is 39.0 Å². The Bertz CT molecular complexity index is 223. The molecule has 3 nitrogen and oxygen atoms in total. The fraction of sp³-hybridized carbons (Fsp3) is 0.727. The molecule has 0 fully saturated rings.